The van der Waals surface area contributed by atoms with Crippen molar-refractivity contribution in [3.63, 3.8) is 0 Å². The molecule has 0 aliphatic carbocycles. The monoisotopic (exact) mass is 281 g/mol. The van der Waals surface area contributed by atoms with Gasteiger partial charge in [-0.1, -0.05) is 0 Å². The summed E-state index contributed by atoms with van der Waals surface area (Å²) in [7, 11) is 1.54. The predicted molar refractivity (Wildman–Crippen MR) is 72.7 cm³/mol. The van der Waals surface area contributed by atoms with Gasteiger partial charge in [-0.25, -0.2) is 4.98 Å². The molecule has 2 heterocycles. The Kier molecular flexibility index (Phi) is 3.68. The SMILES string of the molecule is Cc1cn2c(=O)c(C(=O)N(C)CC(C)O)cnc2s1. The summed E-state index contributed by atoms with van der Waals surface area (Å²) in [6.45, 7) is 3.63. The maximum Gasteiger partial charge on any atom is 0.271 e. The van der Waals surface area contributed by atoms with Crippen LogP contribution in [0.15, 0.2) is 17.2 Å². The van der Waals surface area contributed by atoms with E-state index in [1.165, 1.54) is 26.8 Å². The van der Waals surface area contributed by atoms with Crippen molar-refractivity contribution >= 4 is 22.2 Å². The van der Waals surface area contributed by atoms with Crippen LogP contribution >= 0.6 is 11.3 Å². The van der Waals surface area contributed by atoms with Crippen LogP contribution in [0.4, 0.5) is 0 Å². The highest BCUT2D eigenvalue weighted by molar-refractivity contribution is 7.16. The van der Waals surface area contributed by atoms with E-state index in [1.807, 2.05) is 6.92 Å². The largest absolute Gasteiger partial charge is 0.392 e. The number of carbonyl (C=O) groups excluding carboxylic acids is 1. The number of rotatable bonds is 3. The molecule has 0 aliphatic heterocycles. The first-order valence-corrected chi connectivity index (χ1v) is 6.63. The molecule has 0 aromatic carbocycles. The number of thiazole rings is 1. The summed E-state index contributed by atoms with van der Waals surface area (Å²) in [6.07, 6.45) is 2.33. The summed E-state index contributed by atoms with van der Waals surface area (Å²) in [5.41, 5.74) is -0.366. The van der Waals surface area contributed by atoms with E-state index in [0.29, 0.717) is 4.96 Å². The van der Waals surface area contributed by atoms with Crippen LogP contribution in [0.3, 0.4) is 0 Å². The van der Waals surface area contributed by atoms with Gasteiger partial charge >= 0.3 is 0 Å². The molecule has 0 aliphatic rings. The van der Waals surface area contributed by atoms with Crippen molar-refractivity contribution in [3.05, 3.63) is 33.2 Å². The average molecular weight is 281 g/mol. The molecule has 0 bridgehead atoms. The van der Waals surface area contributed by atoms with Crippen LogP contribution in [-0.2, 0) is 0 Å². The number of aliphatic hydroxyl groups is 1. The zero-order valence-corrected chi connectivity index (χ0v) is 11.8. The minimum Gasteiger partial charge on any atom is -0.392 e. The van der Waals surface area contributed by atoms with Crippen molar-refractivity contribution in [3.8, 4) is 0 Å². The lowest BCUT2D eigenvalue weighted by Gasteiger charge is -2.18. The molecule has 2 aromatic rings. The number of amides is 1. The molecular formula is C12H15N3O3S. The highest BCUT2D eigenvalue weighted by Crippen LogP contribution is 2.12. The molecule has 1 atom stereocenters. The highest BCUT2D eigenvalue weighted by atomic mass is 32.1. The van der Waals surface area contributed by atoms with E-state index in [4.69, 9.17) is 0 Å². The van der Waals surface area contributed by atoms with Crippen LogP contribution in [0.2, 0.25) is 0 Å². The Morgan fingerprint density at radius 2 is 2.32 bits per heavy atom. The third kappa shape index (κ3) is 2.66. The number of fused-ring (bicyclic) bond motifs is 1. The van der Waals surface area contributed by atoms with E-state index in [2.05, 4.69) is 4.98 Å². The Labute approximate surface area is 113 Å². The minimum atomic E-state index is -0.642. The molecule has 7 heteroatoms. The van der Waals surface area contributed by atoms with E-state index >= 15 is 0 Å². The Hall–Kier alpha value is -1.73. The number of hydrogen-bond acceptors (Lipinski definition) is 5. The summed E-state index contributed by atoms with van der Waals surface area (Å²) in [5, 5.41) is 9.27. The molecule has 1 amide bonds. The van der Waals surface area contributed by atoms with Crippen LogP contribution in [0.1, 0.15) is 22.2 Å². The zero-order chi connectivity index (χ0) is 14.2. The van der Waals surface area contributed by atoms with E-state index in [1.54, 1.807) is 20.2 Å². The second kappa shape index (κ2) is 5.10. The first kappa shape index (κ1) is 13.7. The van der Waals surface area contributed by atoms with Gasteiger partial charge in [0.1, 0.15) is 5.56 Å². The summed E-state index contributed by atoms with van der Waals surface area (Å²) >= 11 is 1.39. The topological polar surface area (TPSA) is 74.9 Å². The maximum absolute atomic E-state index is 12.2. The standard InChI is InChI=1S/C12H15N3O3S/c1-7(16)5-14(3)10(17)9-4-13-12-15(11(9)18)6-8(2)19-12/h4,6-7,16H,5H2,1-3H3. The van der Waals surface area contributed by atoms with E-state index in [-0.39, 0.29) is 17.7 Å². The van der Waals surface area contributed by atoms with Crippen molar-refractivity contribution in [2.75, 3.05) is 13.6 Å². The van der Waals surface area contributed by atoms with Gasteiger partial charge in [0, 0.05) is 30.9 Å². The Balaban J connectivity index is 2.43. The number of likely N-dealkylation sites (N-methyl/N-ethyl adjacent to an activating group) is 1. The number of aliphatic hydroxyl groups excluding tert-OH is 1. The summed E-state index contributed by atoms with van der Waals surface area (Å²) in [6, 6.07) is 0. The lowest BCUT2D eigenvalue weighted by molar-refractivity contribution is 0.0701. The van der Waals surface area contributed by atoms with Gasteiger partial charge in [-0.3, -0.25) is 14.0 Å². The molecule has 0 fully saturated rings. The van der Waals surface area contributed by atoms with E-state index in [9.17, 15) is 14.7 Å². The lowest BCUT2D eigenvalue weighted by atomic mass is 10.2. The fourth-order valence-electron chi connectivity index (χ4n) is 1.83. The van der Waals surface area contributed by atoms with Crippen molar-refractivity contribution in [1.82, 2.24) is 14.3 Å². The van der Waals surface area contributed by atoms with Gasteiger partial charge in [-0.15, -0.1) is 11.3 Å². The number of carbonyl (C=O) groups is 1. The lowest BCUT2D eigenvalue weighted by Crippen LogP contribution is -2.36. The molecular weight excluding hydrogens is 266 g/mol. The van der Waals surface area contributed by atoms with Gasteiger partial charge in [0.15, 0.2) is 4.96 Å². The number of aromatic nitrogens is 2. The smallest absolute Gasteiger partial charge is 0.271 e. The predicted octanol–water partition coefficient (Wildman–Crippen LogP) is 0.517. The minimum absolute atomic E-state index is 0.0125. The van der Waals surface area contributed by atoms with E-state index in [0.717, 1.165) is 4.88 Å². The van der Waals surface area contributed by atoms with Crippen LogP contribution in [-0.4, -0.2) is 45.0 Å². The van der Waals surface area contributed by atoms with Gasteiger partial charge in [-0.05, 0) is 13.8 Å². The molecule has 19 heavy (non-hydrogen) atoms. The Morgan fingerprint density at radius 3 is 2.95 bits per heavy atom. The molecule has 2 rings (SSSR count). The quantitative estimate of drug-likeness (QED) is 0.890. The van der Waals surface area contributed by atoms with Crippen molar-refractivity contribution in [1.29, 1.82) is 0 Å². The zero-order valence-electron chi connectivity index (χ0n) is 11.0. The first-order valence-electron chi connectivity index (χ1n) is 5.81. The molecule has 6 nitrogen and oxygen atoms in total. The fraction of sp³-hybridized carbons (Fsp3) is 0.417. The van der Waals surface area contributed by atoms with Crippen LogP contribution in [0, 0.1) is 6.92 Å². The number of hydrogen-bond donors (Lipinski definition) is 1. The van der Waals surface area contributed by atoms with Crippen molar-refractivity contribution in [2.24, 2.45) is 0 Å². The van der Waals surface area contributed by atoms with Gasteiger partial charge in [0.25, 0.3) is 11.5 Å². The third-order valence-corrected chi connectivity index (χ3v) is 3.55. The normalized spacial score (nSPS) is 12.6. The molecule has 0 spiro atoms. The van der Waals surface area contributed by atoms with Gasteiger partial charge in [0.2, 0.25) is 0 Å². The summed E-state index contributed by atoms with van der Waals surface area (Å²) in [5.74, 6) is -0.434. The average Bonchev–Trinajstić information content (AvgIpc) is 2.69. The molecule has 102 valence electrons. The van der Waals surface area contributed by atoms with Crippen molar-refractivity contribution < 1.29 is 9.90 Å². The Morgan fingerprint density at radius 1 is 1.63 bits per heavy atom. The maximum atomic E-state index is 12.2. The highest BCUT2D eigenvalue weighted by Gasteiger charge is 2.19. The fourth-order valence-corrected chi connectivity index (χ4v) is 2.61. The molecule has 0 saturated carbocycles. The Bertz CT molecular complexity index is 674. The first-order chi connectivity index (χ1) is 8.90. The molecule has 0 saturated heterocycles. The third-order valence-electron chi connectivity index (χ3n) is 2.64. The van der Waals surface area contributed by atoms with Crippen LogP contribution in [0.25, 0.3) is 4.96 Å². The van der Waals surface area contributed by atoms with Crippen LogP contribution in [0.5, 0.6) is 0 Å². The summed E-state index contributed by atoms with van der Waals surface area (Å²) < 4.78 is 1.38. The van der Waals surface area contributed by atoms with E-state index < -0.39 is 12.0 Å². The molecule has 1 N–H and O–H groups in total. The van der Waals surface area contributed by atoms with Crippen LogP contribution < -0.4 is 5.56 Å². The number of nitrogens with zero attached hydrogens (tertiary/aromatic N) is 3. The number of aryl methyl sites for hydroxylation is 1. The van der Waals surface area contributed by atoms with Gasteiger partial charge in [0.05, 0.1) is 6.10 Å². The second-order valence-electron chi connectivity index (χ2n) is 4.51. The second-order valence-corrected chi connectivity index (χ2v) is 5.72. The molecule has 1 unspecified atom stereocenters. The molecule has 0 radical (unpaired) electrons. The van der Waals surface area contributed by atoms with Gasteiger partial charge in [-0.2, -0.15) is 0 Å². The van der Waals surface area contributed by atoms with Gasteiger partial charge < -0.3 is 10.0 Å². The van der Waals surface area contributed by atoms with Crippen molar-refractivity contribution in [2.45, 2.75) is 20.0 Å². The molecule has 2 aromatic heterocycles. The summed E-state index contributed by atoms with van der Waals surface area (Å²) in [4.78, 5) is 31.3.